The van der Waals surface area contributed by atoms with Gasteiger partial charge in [0.1, 0.15) is 10.5 Å². The van der Waals surface area contributed by atoms with Crippen molar-refractivity contribution in [2.75, 3.05) is 32.6 Å². The number of ether oxygens (including phenoxy) is 2. The molecule has 1 saturated heterocycles. The number of amides is 1. The monoisotopic (exact) mass is 306 g/mol. The summed E-state index contributed by atoms with van der Waals surface area (Å²) in [5.74, 6) is -0.156. The number of rotatable bonds is 4. The van der Waals surface area contributed by atoms with E-state index in [9.17, 15) is 4.79 Å². The molecule has 6 heteroatoms. The second-order valence-corrected chi connectivity index (χ2v) is 6.27. The number of methoxy groups -OCH3 is 1. The molecule has 1 aromatic carbocycles. The Morgan fingerprint density at radius 2 is 2.33 bits per heavy atom. The highest BCUT2D eigenvalue weighted by Gasteiger charge is 2.35. The largest absolute Gasteiger partial charge is 0.397 e. The Bertz CT molecular complexity index is 662. The molecule has 1 fully saturated rings. The third kappa shape index (κ3) is 2.62. The van der Waals surface area contributed by atoms with E-state index in [0.717, 1.165) is 16.5 Å². The number of thiophene rings is 1. The summed E-state index contributed by atoms with van der Waals surface area (Å²) in [5, 5.41) is 3.85. The summed E-state index contributed by atoms with van der Waals surface area (Å²) in [6.07, 6.45) is 0.783. The molecule has 0 saturated carbocycles. The molecular weight excluding hydrogens is 288 g/mol. The Morgan fingerprint density at radius 1 is 1.52 bits per heavy atom. The zero-order valence-electron chi connectivity index (χ0n) is 11.8. The van der Waals surface area contributed by atoms with E-state index >= 15 is 0 Å². The maximum Gasteiger partial charge on any atom is 0.263 e. The van der Waals surface area contributed by atoms with Crippen LogP contribution in [0.5, 0.6) is 0 Å². The molecule has 0 spiro atoms. The van der Waals surface area contributed by atoms with Crippen molar-refractivity contribution in [1.29, 1.82) is 0 Å². The molecule has 5 nitrogen and oxygen atoms in total. The van der Waals surface area contributed by atoms with E-state index in [2.05, 4.69) is 5.32 Å². The zero-order valence-corrected chi connectivity index (χ0v) is 12.7. The first-order chi connectivity index (χ1) is 10.2. The maximum atomic E-state index is 12.4. The van der Waals surface area contributed by atoms with Crippen molar-refractivity contribution in [1.82, 2.24) is 5.32 Å². The van der Waals surface area contributed by atoms with Crippen molar-refractivity contribution in [3.63, 3.8) is 0 Å². The highest BCUT2D eigenvalue weighted by molar-refractivity contribution is 7.21. The molecule has 1 aromatic heterocycles. The fourth-order valence-corrected chi connectivity index (χ4v) is 3.56. The summed E-state index contributed by atoms with van der Waals surface area (Å²) < 4.78 is 11.9. The van der Waals surface area contributed by atoms with Crippen LogP contribution in [0.2, 0.25) is 0 Å². The Morgan fingerprint density at radius 3 is 3.00 bits per heavy atom. The fourth-order valence-electron chi connectivity index (χ4n) is 2.52. The third-order valence-electron chi connectivity index (χ3n) is 3.91. The summed E-state index contributed by atoms with van der Waals surface area (Å²) in [4.78, 5) is 12.9. The zero-order chi connectivity index (χ0) is 14.9. The predicted octanol–water partition coefficient (Wildman–Crippen LogP) is 2.02. The van der Waals surface area contributed by atoms with Gasteiger partial charge in [-0.1, -0.05) is 18.2 Å². The number of hydrogen-bond acceptors (Lipinski definition) is 5. The molecule has 112 valence electrons. The molecule has 3 rings (SSSR count). The average molecular weight is 306 g/mol. The van der Waals surface area contributed by atoms with Crippen LogP contribution in [0.1, 0.15) is 16.1 Å². The normalized spacial score (nSPS) is 21.8. The summed E-state index contributed by atoms with van der Waals surface area (Å²) in [6.45, 7) is 1.59. The van der Waals surface area contributed by atoms with Crippen molar-refractivity contribution < 1.29 is 14.3 Å². The molecule has 3 N–H and O–H groups in total. The number of nitrogens with one attached hydrogen (secondary N) is 1. The molecule has 2 heterocycles. The van der Waals surface area contributed by atoms with Crippen LogP contribution in [0.4, 0.5) is 5.69 Å². The highest BCUT2D eigenvalue weighted by Crippen LogP contribution is 2.33. The lowest BCUT2D eigenvalue weighted by atomic mass is 10.0. The third-order valence-corrected chi connectivity index (χ3v) is 5.10. The van der Waals surface area contributed by atoms with Gasteiger partial charge in [0.15, 0.2) is 0 Å². The molecule has 1 aliphatic rings. The minimum atomic E-state index is -0.416. The minimum absolute atomic E-state index is 0.156. The number of carbonyl (C=O) groups excluding carboxylic acids is 1. The van der Waals surface area contributed by atoms with Gasteiger partial charge in [-0.05, 0) is 6.07 Å². The first-order valence-corrected chi connectivity index (χ1v) is 7.65. The van der Waals surface area contributed by atoms with Crippen LogP contribution in [0.15, 0.2) is 24.3 Å². The molecule has 0 bridgehead atoms. The van der Waals surface area contributed by atoms with Gasteiger partial charge in [0, 0.05) is 36.8 Å². The van der Waals surface area contributed by atoms with Gasteiger partial charge in [-0.3, -0.25) is 4.79 Å². The second kappa shape index (κ2) is 5.63. The van der Waals surface area contributed by atoms with E-state index in [0.29, 0.717) is 30.3 Å². The SMILES string of the molecule is COC1(CNC(=O)c2sc3ccccc3c2N)CCOC1. The van der Waals surface area contributed by atoms with Crippen molar-refractivity contribution in [3.8, 4) is 0 Å². The van der Waals surface area contributed by atoms with Crippen LogP contribution in [0.25, 0.3) is 10.1 Å². The molecule has 2 aromatic rings. The van der Waals surface area contributed by atoms with Crippen molar-refractivity contribution in [2.24, 2.45) is 0 Å². The number of nitrogens with two attached hydrogens (primary N) is 1. The lowest BCUT2D eigenvalue weighted by Gasteiger charge is -2.25. The number of nitrogen functional groups attached to an aromatic ring is 1. The number of benzene rings is 1. The van der Waals surface area contributed by atoms with Gasteiger partial charge in [-0.15, -0.1) is 11.3 Å². The van der Waals surface area contributed by atoms with Crippen LogP contribution >= 0.6 is 11.3 Å². The van der Waals surface area contributed by atoms with Crippen molar-refractivity contribution in [2.45, 2.75) is 12.0 Å². The minimum Gasteiger partial charge on any atom is -0.397 e. The smallest absolute Gasteiger partial charge is 0.263 e. The molecule has 1 aliphatic heterocycles. The molecular formula is C15H18N2O3S. The van der Waals surface area contributed by atoms with E-state index in [1.54, 1.807) is 7.11 Å². The Labute approximate surface area is 127 Å². The van der Waals surface area contributed by atoms with E-state index in [-0.39, 0.29) is 5.91 Å². The molecule has 0 aliphatic carbocycles. The molecule has 1 amide bonds. The summed E-state index contributed by atoms with van der Waals surface area (Å²) >= 11 is 1.41. The van der Waals surface area contributed by atoms with E-state index in [1.807, 2.05) is 24.3 Å². The van der Waals surface area contributed by atoms with Gasteiger partial charge in [-0.2, -0.15) is 0 Å². The second-order valence-electron chi connectivity index (χ2n) is 5.21. The van der Waals surface area contributed by atoms with E-state index < -0.39 is 5.60 Å². The number of anilines is 1. The van der Waals surface area contributed by atoms with Crippen molar-refractivity contribution >= 4 is 33.0 Å². The summed E-state index contributed by atoms with van der Waals surface area (Å²) in [6, 6.07) is 7.76. The van der Waals surface area contributed by atoms with Gasteiger partial charge >= 0.3 is 0 Å². The number of fused-ring (bicyclic) bond motifs is 1. The van der Waals surface area contributed by atoms with Crippen LogP contribution in [0.3, 0.4) is 0 Å². The Hall–Kier alpha value is -1.63. The lowest BCUT2D eigenvalue weighted by molar-refractivity contribution is -0.0148. The number of hydrogen-bond donors (Lipinski definition) is 2. The van der Waals surface area contributed by atoms with E-state index in [1.165, 1.54) is 11.3 Å². The van der Waals surface area contributed by atoms with Gasteiger partial charge in [0.05, 0.1) is 12.3 Å². The van der Waals surface area contributed by atoms with Gasteiger partial charge < -0.3 is 20.5 Å². The standard InChI is InChI=1S/C15H18N2O3S/c1-19-15(6-7-20-9-15)8-17-14(18)13-12(16)10-4-2-3-5-11(10)21-13/h2-5H,6-9,16H2,1H3,(H,17,18). The first kappa shape index (κ1) is 14.3. The highest BCUT2D eigenvalue weighted by atomic mass is 32.1. The Balaban J connectivity index is 1.76. The predicted molar refractivity (Wildman–Crippen MR) is 83.7 cm³/mol. The van der Waals surface area contributed by atoms with Crippen LogP contribution in [-0.2, 0) is 9.47 Å². The first-order valence-electron chi connectivity index (χ1n) is 6.83. The molecule has 21 heavy (non-hydrogen) atoms. The van der Waals surface area contributed by atoms with Gasteiger partial charge in [-0.25, -0.2) is 0 Å². The fraction of sp³-hybridized carbons (Fsp3) is 0.400. The lowest BCUT2D eigenvalue weighted by Crippen LogP contribution is -2.44. The van der Waals surface area contributed by atoms with Crippen LogP contribution in [0, 0.1) is 0 Å². The van der Waals surface area contributed by atoms with Crippen molar-refractivity contribution in [3.05, 3.63) is 29.1 Å². The van der Waals surface area contributed by atoms with E-state index in [4.69, 9.17) is 15.2 Å². The molecule has 1 atom stereocenters. The maximum absolute atomic E-state index is 12.4. The van der Waals surface area contributed by atoms with Crippen LogP contribution in [-0.4, -0.2) is 38.4 Å². The molecule has 0 radical (unpaired) electrons. The van der Waals surface area contributed by atoms with Gasteiger partial charge in [0.25, 0.3) is 5.91 Å². The number of carbonyl (C=O) groups is 1. The molecule has 1 unspecified atom stereocenters. The quantitative estimate of drug-likeness (QED) is 0.906. The van der Waals surface area contributed by atoms with Gasteiger partial charge in [0.2, 0.25) is 0 Å². The topological polar surface area (TPSA) is 73.6 Å². The summed E-state index contributed by atoms with van der Waals surface area (Å²) in [5.41, 5.74) is 6.21. The van der Waals surface area contributed by atoms with Crippen LogP contribution < -0.4 is 11.1 Å². The summed E-state index contributed by atoms with van der Waals surface area (Å²) in [7, 11) is 1.65. The average Bonchev–Trinajstić information content (AvgIpc) is 3.11. The Kier molecular flexibility index (Phi) is 3.84.